The SMILES string of the molecule is C=N/C(=C\C(=NCc1ccccc1)c1cccc(-c2nc3ccccc3c3oc4ccccc4c23)c1)c1ccc(-c2ccccc2)cc1. The van der Waals surface area contributed by atoms with Crippen molar-refractivity contribution in [3.63, 3.8) is 0 Å². The zero-order valence-electron chi connectivity index (χ0n) is 26.3. The number of furan rings is 1. The minimum absolute atomic E-state index is 0.527. The van der Waals surface area contributed by atoms with E-state index in [1.54, 1.807) is 0 Å². The fourth-order valence-corrected chi connectivity index (χ4v) is 6.24. The van der Waals surface area contributed by atoms with Gasteiger partial charge in [0, 0.05) is 27.5 Å². The van der Waals surface area contributed by atoms with Gasteiger partial charge in [0.05, 0.1) is 34.6 Å². The number of rotatable bonds is 8. The van der Waals surface area contributed by atoms with Crippen LogP contribution < -0.4 is 0 Å². The fourth-order valence-electron chi connectivity index (χ4n) is 6.24. The van der Waals surface area contributed by atoms with E-state index in [2.05, 4.69) is 109 Å². The van der Waals surface area contributed by atoms with Crippen molar-refractivity contribution in [3.8, 4) is 22.4 Å². The van der Waals surface area contributed by atoms with Gasteiger partial charge in [0.1, 0.15) is 11.2 Å². The lowest BCUT2D eigenvalue weighted by atomic mass is 9.98. The third-order valence-corrected chi connectivity index (χ3v) is 8.65. The first-order valence-electron chi connectivity index (χ1n) is 16.0. The van der Waals surface area contributed by atoms with Gasteiger partial charge >= 0.3 is 0 Å². The van der Waals surface area contributed by atoms with Gasteiger partial charge in [-0.25, -0.2) is 4.98 Å². The Labute approximate surface area is 279 Å². The monoisotopic (exact) mass is 617 g/mol. The summed E-state index contributed by atoms with van der Waals surface area (Å²) in [6, 6.07) is 53.8. The molecule has 0 amide bonds. The summed E-state index contributed by atoms with van der Waals surface area (Å²) >= 11 is 0. The maximum atomic E-state index is 6.45. The average molecular weight is 618 g/mol. The predicted molar refractivity (Wildman–Crippen MR) is 201 cm³/mol. The van der Waals surface area contributed by atoms with Crippen LogP contribution >= 0.6 is 0 Å². The van der Waals surface area contributed by atoms with Gasteiger partial charge in [-0.1, -0.05) is 133 Å². The molecule has 0 atom stereocenters. The van der Waals surface area contributed by atoms with Crippen LogP contribution in [0.3, 0.4) is 0 Å². The van der Waals surface area contributed by atoms with Gasteiger partial charge in [0.25, 0.3) is 0 Å². The first-order chi connectivity index (χ1) is 23.7. The average Bonchev–Trinajstić information content (AvgIpc) is 3.56. The van der Waals surface area contributed by atoms with Crippen LogP contribution in [0, 0.1) is 0 Å². The topological polar surface area (TPSA) is 50.8 Å². The van der Waals surface area contributed by atoms with Crippen molar-refractivity contribution in [2.24, 2.45) is 9.98 Å². The number of hydrogen-bond acceptors (Lipinski definition) is 4. The van der Waals surface area contributed by atoms with E-state index in [1.807, 2.05) is 66.7 Å². The number of aromatic nitrogens is 1. The Hall–Kier alpha value is -6.39. The molecular formula is C44H31N3O. The molecule has 4 nitrogen and oxygen atoms in total. The molecule has 8 rings (SSSR count). The summed E-state index contributed by atoms with van der Waals surface area (Å²) in [5, 5.41) is 3.05. The Bertz CT molecular complexity index is 2470. The first kappa shape index (κ1) is 29.0. The van der Waals surface area contributed by atoms with Crippen molar-refractivity contribution in [1.82, 2.24) is 4.98 Å². The first-order valence-corrected chi connectivity index (χ1v) is 16.0. The van der Waals surface area contributed by atoms with Gasteiger partial charge in [-0.2, -0.15) is 0 Å². The number of aliphatic imine (C=N–C) groups is 2. The molecule has 0 unspecified atom stereocenters. The standard InChI is InChI=1S/C44H31N3O/c1-45-39(33-25-23-32(24-26-33)31-15-6-3-7-16-31)28-40(46-29-30-13-4-2-5-14-30)34-17-12-18-35(27-34)43-42-37-20-9-11-22-41(37)48-44(42)36-19-8-10-21-38(36)47-43/h2-28H,1,29H2/b39-28-,46-40?. The largest absolute Gasteiger partial charge is 0.455 e. The molecule has 8 aromatic rings. The molecule has 0 saturated heterocycles. The molecule has 6 aromatic carbocycles. The third-order valence-electron chi connectivity index (χ3n) is 8.65. The summed E-state index contributed by atoms with van der Waals surface area (Å²) in [6.07, 6.45) is 2.03. The van der Waals surface area contributed by atoms with Crippen LogP contribution in [-0.2, 0) is 6.54 Å². The zero-order chi connectivity index (χ0) is 32.3. The number of allylic oxidation sites excluding steroid dienone is 1. The number of para-hydroxylation sites is 2. The Kier molecular flexibility index (Phi) is 7.73. The normalized spacial score (nSPS) is 12.2. The Morgan fingerprint density at radius 2 is 1.29 bits per heavy atom. The van der Waals surface area contributed by atoms with E-state index in [-0.39, 0.29) is 0 Å². The molecule has 0 radical (unpaired) electrons. The Morgan fingerprint density at radius 3 is 2.08 bits per heavy atom. The van der Waals surface area contributed by atoms with Crippen LogP contribution in [0.15, 0.2) is 178 Å². The number of fused-ring (bicyclic) bond motifs is 5. The second-order valence-corrected chi connectivity index (χ2v) is 11.7. The van der Waals surface area contributed by atoms with Crippen LogP contribution in [-0.4, -0.2) is 17.4 Å². The predicted octanol–water partition coefficient (Wildman–Crippen LogP) is 11.2. The molecule has 2 heterocycles. The van der Waals surface area contributed by atoms with E-state index in [4.69, 9.17) is 14.4 Å². The molecule has 0 spiro atoms. The maximum absolute atomic E-state index is 6.45. The molecule has 0 aliphatic carbocycles. The molecule has 0 saturated carbocycles. The molecule has 0 aliphatic rings. The van der Waals surface area contributed by atoms with Crippen molar-refractivity contribution >= 4 is 51.0 Å². The van der Waals surface area contributed by atoms with Crippen molar-refractivity contribution < 1.29 is 4.42 Å². The molecule has 2 aromatic heterocycles. The lowest BCUT2D eigenvalue weighted by Crippen LogP contribution is -2.01. The highest BCUT2D eigenvalue weighted by Crippen LogP contribution is 2.39. The summed E-state index contributed by atoms with van der Waals surface area (Å²) < 4.78 is 6.45. The zero-order valence-corrected chi connectivity index (χ0v) is 26.3. The highest BCUT2D eigenvalue weighted by atomic mass is 16.3. The lowest BCUT2D eigenvalue weighted by molar-refractivity contribution is 0.672. The molecule has 0 fully saturated rings. The van der Waals surface area contributed by atoms with E-state index in [1.165, 1.54) is 5.56 Å². The van der Waals surface area contributed by atoms with Crippen LogP contribution in [0.25, 0.3) is 60.9 Å². The van der Waals surface area contributed by atoms with E-state index in [0.717, 1.165) is 77.8 Å². The van der Waals surface area contributed by atoms with Crippen molar-refractivity contribution in [2.45, 2.75) is 6.54 Å². The van der Waals surface area contributed by atoms with Crippen molar-refractivity contribution in [3.05, 3.63) is 180 Å². The Balaban J connectivity index is 1.26. The molecular weight excluding hydrogens is 587 g/mol. The minimum Gasteiger partial charge on any atom is -0.455 e. The summed E-state index contributed by atoms with van der Waals surface area (Å²) in [5.74, 6) is 0. The van der Waals surface area contributed by atoms with E-state index < -0.39 is 0 Å². The molecule has 228 valence electrons. The highest BCUT2D eigenvalue weighted by molar-refractivity contribution is 6.19. The van der Waals surface area contributed by atoms with Crippen LogP contribution in [0.2, 0.25) is 0 Å². The quantitative estimate of drug-likeness (QED) is 0.159. The van der Waals surface area contributed by atoms with Gasteiger partial charge < -0.3 is 4.42 Å². The molecule has 0 bridgehead atoms. The maximum Gasteiger partial charge on any atom is 0.147 e. The fraction of sp³-hybridized carbons (Fsp3) is 0.0227. The third kappa shape index (κ3) is 5.61. The Morgan fingerprint density at radius 1 is 0.625 bits per heavy atom. The number of pyridine rings is 1. The number of hydrogen-bond donors (Lipinski definition) is 0. The summed E-state index contributed by atoms with van der Waals surface area (Å²) in [7, 11) is 0. The van der Waals surface area contributed by atoms with Gasteiger partial charge in [-0.3, -0.25) is 9.98 Å². The smallest absolute Gasteiger partial charge is 0.147 e. The second kappa shape index (κ2) is 12.8. The van der Waals surface area contributed by atoms with Gasteiger partial charge in [-0.05, 0) is 53.7 Å². The summed E-state index contributed by atoms with van der Waals surface area (Å²) in [6.45, 7) is 4.47. The van der Waals surface area contributed by atoms with Gasteiger partial charge in [0.2, 0.25) is 0 Å². The number of nitrogens with zero attached hydrogens (tertiary/aromatic N) is 3. The second-order valence-electron chi connectivity index (χ2n) is 11.7. The van der Waals surface area contributed by atoms with Crippen LogP contribution in [0.4, 0.5) is 0 Å². The minimum atomic E-state index is 0.527. The van der Waals surface area contributed by atoms with Crippen molar-refractivity contribution in [2.75, 3.05) is 0 Å². The molecule has 0 aliphatic heterocycles. The van der Waals surface area contributed by atoms with Gasteiger partial charge in [-0.15, -0.1) is 0 Å². The van der Waals surface area contributed by atoms with E-state index in [9.17, 15) is 0 Å². The molecule has 48 heavy (non-hydrogen) atoms. The molecule has 4 heteroatoms. The highest BCUT2D eigenvalue weighted by Gasteiger charge is 2.18. The summed E-state index contributed by atoms with van der Waals surface area (Å²) in [4.78, 5) is 14.8. The van der Waals surface area contributed by atoms with Crippen molar-refractivity contribution in [1.29, 1.82) is 0 Å². The van der Waals surface area contributed by atoms with Crippen LogP contribution in [0.1, 0.15) is 16.7 Å². The van der Waals surface area contributed by atoms with E-state index in [0.29, 0.717) is 6.54 Å². The van der Waals surface area contributed by atoms with Crippen LogP contribution in [0.5, 0.6) is 0 Å². The van der Waals surface area contributed by atoms with E-state index >= 15 is 0 Å². The van der Waals surface area contributed by atoms with Gasteiger partial charge in [0.15, 0.2) is 0 Å². The molecule has 0 N–H and O–H groups in total. The summed E-state index contributed by atoms with van der Waals surface area (Å²) in [5.41, 5.74) is 11.4. The lowest BCUT2D eigenvalue weighted by Gasteiger charge is -2.11. The number of benzene rings is 6.